The van der Waals surface area contributed by atoms with E-state index in [-0.39, 0.29) is 12.5 Å². The normalized spacial score (nSPS) is 13.6. The van der Waals surface area contributed by atoms with E-state index < -0.39 is 11.0 Å². The molecule has 0 fully saturated rings. The molecule has 1 aliphatic rings. The van der Waals surface area contributed by atoms with Crippen molar-refractivity contribution in [2.75, 3.05) is 35.8 Å². The first kappa shape index (κ1) is 23.4. The second-order valence-electron chi connectivity index (χ2n) is 7.95. The van der Waals surface area contributed by atoms with E-state index in [1.54, 1.807) is 36.3 Å². The fourth-order valence-corrected chi connectivity index (χ4v) is 4.54. The zero-order valence-corrected chi connectivity index (χ0v) is 20.0. The second kappa shape index (κ2) is 9.62. The van der Waals surface area contributed by atoms with Crippen LogP contribution in [-0.2, 0) is 11.0 Å². The second-order valence-corrected chi connectivity index (χ2v) is 9.16. The predicted octanol–water partition coefficient (Wildman–Crippen LogP) is 3.39. The number of nitrogens with zero attached hydrogens (tertiary/aromatic N) is 4. The summed E-state index contributed by atoms with van der Waals surface area (Å²) in [5.74, 6) is 0.791. The number of fused-ring (bicyclic) bond motifs is 2. The third kappa shape index (κ3) is 4.63. The third-order valence-electron chi connectivity index (χ3n) is 5.43. The first-order chi connectivity index (χ1) is 16.3. The van der Waals surface area contributed by atoms with Crippen LogP contribution in [0.15, 0.2) is 65.8 Å². The van der Waals surface area contributed by atoms with Crippen LogP contribution in [0.5, 0.6) is 0 Å². The minimum Gasteiger partial charge on any atom is -0.396 e. The van der Waals surface area contributed by atoms with Crippen molar-refractivity contribution in [3.05, 3.63) is 72.1 Å². The van der Waals surface area contributed by atoms with Crippen molar-refractivity contribution in [1.82, 2.24) is 14.7 Å². The Bertz CT molecular complexity index is 1300. The summed E-state index contributed by atoms with van der Waals surface area (Å²) in [4.78, 5) is 26.1. The van der Waals surface area contributed by atoms with E-state index in [9.17, 15) is 9.00 Å². The number of aliphatic hydroxyl groups excluding tert-OH is 1. The van der Waals surface area contributed by atoms with Gasteiger partial charge in [-0.15, -0.1) is 0 Å². The molecule has 4 rings (SSSR count). The van der Waals surface area contributed by atoms with Crippen molar-refractivity contribution in [2.45, 2.75) is 18.2 Å². The van der Waals surface area contributed by atoms with Crippen molar-refractivity contribution in [3.8, 4) is 0 Å². The van der Waals surface area contributed by atoms with Gasteiger partial charge < -0.3 is 24.9 Å². The maximum absolute atomic E-state index is 13.1. The number of carbonyl (C=O) groups excluding carboxylic acids is 1. The van der Waals surface area contributed by atoms with Crippen molar-refractivity contribution in [1.29, 1.82) is 0 Å². The van der Waals surface area contributed by atoms with Gasteiger partial charge in [-0.25, -0.2) is 9.19 Å². The first-order valence-electron chi connectivity index (χ1n) is 10.6. The molecule has 3 N–H and O–H groups in total. The molecule has 1 amide bonds. The molecule has 10 heteroatoms. The number of hydrogen-bond acceptors (Lipinski definition) is 7. The highest BCUT2D eigenvalue weighted by molar-refractivity contribution is 7.83. The van der Waals surface area contributed by atoms with Crippen LogP contribution < -0.4 is 19.8 Å². The largest absolute Gasteiger partial charge is 0.396 e. The Morgan fingerprint density at radius 3 is 2.71 bits per heavy atom. The van der Waals surface area contributed by atoms with Gasteiger partial charge in [-0.1, -0.05) is 24.3 Å². The van der Waals surface area contributed by atoms with E-state index in [2.05, 4.69) is 26.6 Å². The van der Waals surface area contributed by atoms with Gasteiger partial charge in [-0.05, 0) is 37.3 Å². The quantitative estimate of drug-likeness (QED) is 0.477. The van der Waals surface area contributed by atoms with Crippen molar-refractivity contribution in [2.24, 2.45) is 0 Å². The molecule has 2 aromatic carbocycles. The molecule has 0 aliphatic carbocycles. The Labute approximate surface area is 200 Å². The van der Waals surface area contributed by atoms with E-state index in [4.69, 9.17) is 5.11 Å². The van der Waals surface area contributed by atoms with Gasteiger partial charge in [0.25, 0.3) is 5.91 Å². The number of aryl methyl sites for hydroxylation is 1. The Hall–Kier alpha value is -3.76. The van der Waals surface area contributed by atoms with E-state index in [0.29, 0.717) is 45.7 Å². The molecule has 1 aromatic heterocycles. The lowest BCUT2D eigenvalue weighted by atomic mass is 10.1. The van der Waals surface area contributed by atoms with Gasteiger partial charge >= 0.3 is 0 Å². The monoisotopic (exact) mass is 478 g/mol. The Morgan fingerprint density at radius 1 is 1.15 bits per heavy atom. The van der Waals surface area contributed by atoms with E-state index >= 15 is 0 Å². The molecule has 2 heterocycles. The number of hydrogen-bond donors (Lipinski definition) is 3. The SMILES string of the molecule is C=C(CCO)NS(=O)c1cccc(Nc2ncc3c(n2)N(C)c2ccc(C)cc2C(=O)N3C)c1. The lowest BCUT2D eigenvalue weighted by Crippen LogP contribution is -2.25. The molecule has 0 spiro atoms. The molecule has 0 radical (unpaired) electrons. The Kier molecular flexibility index (Phi) is 6.62. The van der Waals surface area contributed by atoms with Crippen molar-refractivity contribution in [3.63, 3.8) is 0 Å². The Morgan fingerprint density at radius 2 is 1.94 bits per heavy atom. The minimum atomic E-state index is -1.52. The summed E-state index contributed by atoms with van der Waals surface area (Å²) >= 11 is 0. The fraction of sp³-hybridized carbons (Fsp3) is 0.208. The molecular weight excluding hydrogens is 452 g/mol. The van der Waals surface area contributed by atoms with Gasteiger partial charge in [0.1, 0.15) is 16.7 Å². The zero-order valence-electron chi connectivity index (χ0n) is 19.2. The molecule has 0 bridgehead atoms. The third-order valence-corrected chi connectivity index (χ3v) is 6.59. The van der Waals surface area contributed by atoms with Gasteiger partial charge in [0.2, 0.25) is 5.95 Å². The number of aliphatic hydroxyl groups is 1. The summed E-state index contributed by atoms with van der Waals surface area (Å²) < 4.78 is 15.3. The standard InChI is InChI=1S/C24H26N6O3S/c1-15-8-9-20-19(12-15)23(32)30(4)21-14-25-24(27-22(21)29(20)3)26-17-6-5-7-18(13-17)34(33)28-16(2)10-11-31/h5-9,12-14,28,31H,2,10-11H2,1,3-4H3,(H,25,26,27). The number of amides is 1. The summed E-state index contributed by atoms with van der Waals surface area (Å²) in [5, 5.41) is 12.1. The highest BCUT2D eigenvalue weighted by Gasteiger charge is 2.29. The maximum Gasteiger partial charge on any atom is 0.260 e. The average Bonchev–Trinajstić information content (AvgIpc) is 2.89. The van der Waals surface area contributed by atoms with Crippen LogP contribution in [-0.4, -0.2) is 45.9 Å². The number of anilines is 5. The van der Waals surface area contributed by atoms with E-state index in [1.807, 2.05) is 43.1 Å². The van der Waals surface area contributed by atoms with Gasteiger partial charge in [-0.3, -0.25) is 4.79 Å². The lowest BCUT2D eigenvalue weighted by Gasteiger charge is -2.21. The summed E-state index contributed by atoms with van der Waals surface area (Å²) in [6, 6.07) is 12.8. The van der Waals surface area contributed by atoms with Crippen LogP contribution in [0, 0.1) is 6.92 Å². The summed E-state index contributed by atoms with van der Waals surface area (Å²) in [7, 11) is 2.05. The van der Waals surface area contributed by atoms with Crippen LogP contribution >= 0.6 is 0 Å². The highest BCUT2D eigenvalue weighted by atomic mass is 32.2. The van der Waals surface area contributed by atoms with Gasteiger partial charge in [0, 0.05) is 38.5 Å². The van der Waals surface area contributed by atoms with Gasteiger partial charge in [0.05, 0.1) is 22.3 Å². The zero-order chi connectivity index (χ0) is 24.4. The van der Waals surface area contributed by atoms with Gasteiger partial charge in [0.15, 0.2) is 5.82 Å². The summed E-state index contributed by atoms with van der Waals surface area (Å²) in [5.41, 5.74) is 4.09. The number of nitrogens with one attached hydrogen (secondary N) is 2. The molecule has 0 saturated carbocycles. The van der Waals surface area contributed by atoms with Crippen LogP contribution in [0.1, 0.15) is 22.3 Å². The molecular formula is C24H26N6O3S. The molecule has 1 unspecified atom stereocenters. The topological polar surface area (TPSA) is 111 Å². The average molecular weight is 479 g/mol. The molecule has 9 nitrogen and oxygen atoms in total. The van der Waals surface area contributed by atoms with Crippen molar-refractivity contribution < 1.29 is 14.1 Å². The smallest absolute Gasteiger partial charge is 0.260 e. The van der Waals surface area contributed by atoms with Crippen LogP contribution in [0.25, 0.3) is 0 Å². The van der Waals surface area contributed by atoms with Crippen LogP contribution in [0.3, 0.4) is 0 Å². The summed E-state index contributed by atoms with van der Waals surface area (Å²) in [6.07, 6.45) is 1.93. The number of rotatable bonds is 7. The number of benzene rings is 2. The number of carbonyl (C=O) groups is 1. The fourth-order valence-electron chi connectivity index (χ4n) is 3.62. The maximum atomic E-state index is 13.1. The van der Waals surface area contributed by atoms with Crippen molar-refractivity contribution >= 4 is 45.7 Å². The molecule has 34 heavy (non-hydrogen) atoms. The molecule has 176 valence electrons. The molecule has 1 atom stereocenters. The lowest BCUT2D eigenvalue weighted by molar-refractivity contribution is 0.0994. The molecule has 1 aliphatic heterocycles. The molecule has 0 saturated heterocycles. The minimum absolute atomic E-state index is 0.0698. The van der Waals surface area contributed by atoms with Crippen LogP contribution in [0.4, 0.5) is 28.8 Å². The Balaban J connectivity index is 1.63. The van der Waals surface area contributed by atoms with E-state index in [0.717, 1.165) is 11.3 Å². The predicted molar refractivity (Wildman–Crippen MR) is 134 cm³/mol. The summed E-state index contributed by atoms with van der Waals surface area (Å²) in [6.45, 7) is 5.64. The number of aromatic nitrogens is 2. The van der Waals surface area contributed by atoms with Gasteiger partial charge in [-0.2, -0.15) is 4.98 Å². The van der Waals surface area contributed by atoms with E-state index in [1.165, 1.54) is 0 Å². The first-order valence-corrected chi connectivity index (χ1v) is 11.8. The highest BCUT2D eigenvalue weighted by Crippen LogP contribution is 2.38. The van der Waals surface area contributed by atoms with Crippen LogP contribution in [0.2, 0.25) is 0 Å². The molecule has 3 aromatic rings.